The standard InChI is InChI=1S/C18H20N4O3/c1-20-13-6-3-2-5-12(13)16(19-20)17(24)21-9-7-18-14(21)11-15(23)22(18)8-4-10-25-18/h2-3,5-6,14H,4,7-11H2,1H3/t14-,18+/m1/s1. The Bertz CT molecular complexity index is 892. The minimum atomic E-state index is -0.615. The molecule has 1 spiro atoms. The number of hydrogen-bond donors (Lipinski definition) is 0. The van der Waals surface area contributed by atoms with Gasteiger partial charge in [-0.3, -0.25) is 14.3 Å². The van der Waals surface area contributed by atoms with Gasteiger partial charge in [-0.1, -0.05) is 18.2 Å². The van der Waals surface area contributed by atoms with Crippen LogP contribution in [0.15, 0.2) is 24.3 Å². The van der Waals surface area contributed by atoms with E-state index in [1.807, 2.05) is 36.2 Å². The molecule has 4 heterocycles. The summed E-state index contributed by atoms with van der Waals surface area (Å²) in [6.07, 6.45) is 1.88. The lowest BCUT2D eigenvalue weighted by atomic mass is 10.0. The van der Waals surface area contributed by atoms with Gasteiger partial charge in [0.15, 0.2) is 11.4 Å². The number of hydrogen-bond acceptors (Lipinski definition) is 4. The molecule has 7 heteroatoms. The molecule has 1 aromatic carbocycles. The van der Waals surface area contributed by atoms with E-state index in [1.54, 1.807) is 9.58 Å². The Labute approximate surface area is 145 Å². The van der Waals surface area contributed by atoms with Crippen LogP contribution in [0.4, 0.5) is 0 Å². The maximum absolute atomic E-state index is 13.3. The molecule has 1 aromatic heterocycles. The lowest BCUT2D eigenvalue weighted by Crippen LogP contribution is -2.56. The largest absolute Gasteiger partial charge is 0.353 e. The fourth-order valence-electron chi connectivity index (χ4n) is 4.70. The van der Waals surface area contributed by atoms with Crippen LogP contribution in [0, 0.1) is 0 Å². The molecule has 0 bridgehead atoms. The predicted octanol–water partition coefficient (Wildman–Crippen LogP) is 1.14. The zero-order valence-corrected chi connectivity index (χ0v) is 14.1. The van der Waals surface area contributed by atoms with Crippen molar-refractivity contribution in [3.05, 3.63) is 30.0 Å². The summed E-state index contributed by atoms with van der Waals surface area (Å²) in [5.74, 6) is -0.0180. The van der Waals surface area contributed by atoms with Crippen molar-refractivity contribution in [2.45, 2.75) is 31.0 Å². The Morgan fingerprint density at radius 1 is 1.32 bits per heavy atom. The topological polar surface area (TPSA) is 67.7 Å². The highest BCUT2D eigenvalue weighted by Gasteiger charge is 2.61. The third-order valence-corrected chi connectivity index (χ3v) is 5.83. The Morgan fingerprint density at radius 2 is 2.16 bits per heavy atom. The van der Waals surface area contributed by atoms with Crippen LogP contribution in [0.1, 0.15) is 29.8 Å². The van der Waals surface area contributed by atoms with E-state index in [0.717, 1.165) is 23.9 Å². The van der Waals surface area contributed by atoms with E-state index >= 15 is 0 Å². The zero-order chi connectivity index (χ0) is 17.2. The number of aryl methyl sites for hydroxylation is 1. The van der Waals surface area contributed by atoms with E-state index in [9.17, 15) is 9.59 Å². The molecule has 7 nitrogen and oxygen atoms in total. The molecule has 2 atom stereocenters. The number of aromatic nitrogens is 2. The van der Waals surface area contributed by atoms with Crippen molar-refractivity contribution < 1.29 is 14.3 Å². The van der Waals surface area contributed by atoms with Crippen LogP contribution in [0.5, 0.6) is 0 Å². The molecule has 5 rings (SSSR count). The highest BCUT2D eigenvalue weighted by molar-refractivity contribution is 6.05. The van der Waals surface area contributed by atoms with Crippen molar-refractivity contribution >= 4 is 22.7 Å². The van der Waals surface area contributed by atoms with Gasteiger partial charge in [0, 0.05) is 31.9 Å². The zero-order valence-electron chi connectivity index (χ0n) is 14.1. The van der Waals surface area contributed by atoms with E-state index < -0.39 is 5.72 Å². The maximum Gasteiger partial charge on any atom is 0.275 e. The summed E-state index contributed by atoms with van der Waals surface area (Å²) in [5, 5.41) is 5.30. The molecule has 3 saturated heterocycles. The second-order valence-electron chi connectivity index (χ2n) is 7.05. The van der Waals surface area contributed by atoms with Crippen molar-refractivity contribution in [1.82, 2.24) is 19.6 Å². The first-order valence-electron chi connectivity index (χ1n) is 8.79. The second kappa shape index (κ2) is 5.05. The highest BCUT2D eigenvalue weighted by Crippen LogP contribution is 2.45. The smallest absolute Gasteiger partial charge is 0.275 e. The molecule has 3 aliphatic heterocycles. The van der Waals surface area contributed by atoms with Crippen LogP contribution < -0.4 is 0 Å². The molecule has 25 heavy (non-hydrogen) atoms. The number of benzene rings is 1. The second-order valence-corrected chi connectivity index (χ2v) is 7.05. The lowest BCUT2D eigenvalue weighted by Gasteiger charge is -2.42. The molecule has 3 aliphatic rings. The SMILES string of the molecule is Cn1nc(C(=O)N2CC[C@@]34OCCCN3C(=O)C[C@@H]24)c2ccccc21. The molecule has 0 aliphatic carbocycles. The Kier molecular flexibility index (Phi) is 3.01. The van der Waals surface area contributed by atoms with Gasteiger partial charge >= 0.3 is 0 Å². The first-order valence-corrected chi connectivity index (χ1v) is 8.79. The van der Waals surface area contributed by atoms with Crippen molar-refractivity contribution in [2.75, 3.05) is 19.7 Å². The molecule has 130 valence electrons. The summed E-state index contributed by atoms with van der Waals surface area (Å²) >= 11 is 0. The van der Waals surface area contributed by atoms with Gasteiger partial charge in [-0.15, -0.1) is 0 Å². The number of rotatable bonds is 1. The summed E-state index contributed by atoms with van der Waals surface area (Å²) in [5.41, 5.74) is 0.768. The number of carbonyl (C=O) groups is 2. The van der Waals surface area contributed by atoms with Crippen molar-refractivity contribution in [2.24, 2.45) is 7.05 Å². The van der Waals surface area contributed by atoms with E-state index in [2.05, 4.69) is 5.10 Å². The van der Waals surface area contributed by atoms with Crippen LogP contribution in [-0.2, 0) is 16.6 Å². The number of ether oxygens (including phenoxy) is 1. The first kappa shape index (κ1) is 14.9. The van der Waals surface area contributed by atoms with Gasteiger partial charge in [0.2, 0.25) is 5.91 Å². The molecule has 0 unspecified atom stereocenters. The minimum absolute atomic E-state index is 0.0908. The van der Waals surface area contributed by atoms with Crippen molar-refractivity contribution in [1.29, 1.82) is 0 Å². The third-order valence-electron chi connectivity index (χ3n) is 5.83. The van der Waals surface area contributed by atoms with Crippen LogP contribution in [0.3, 0.4) is 0 Å². The Hall–Kier alpha value is -2.41. The van der Waals surface area contributed by atoms with Crippen molar-refractivity contribution in [3.63, 3.8) is 0 Å². The normalized spacial score (nSPS) is 28.5. The van der Waals surface area contributed by atoms with E-state index in [-0.39, 0.29) is 17.9 Å². The summed E-state index contributed by atoms with van der Waals surface area (Å²) in [4.78, 5) is 29.3. The number of para-hydroxylation sites is 1. The van der Waals surface area contributed by atoms with Gasteiger partial charge < -0.3 is 14.5 Å². The Morgan fingerprint density at radius 3 is 3.04 bits per heavy atom. The van der Waals surface area contributed by atoms with Gasteiger partial charge in [-0.25, -0.2) is 0 Å². The molecule has 2 amide bonds. The highest BCUT2D eigenvalue weighted by atomic mass is 16.5. The van der Waals surface area contributed by atoms with Crippen LogP contribution >= 0.6 is 0 Å². The number of nitrogens with zero attached hydrogens (tertiary/aromatic N) is 4. The summed E-state index contributed by atoms with van der Waals surface area (Å²) < 4.78 is 7.81. The predicted molar refractivity (Wildman–Crippen MR) is 89.8 cm³/mol. The van der Waals surface area contributed by atoms with Gasteiger partial charge in [0.1, 0.15) is 0 Å². The van der Waals surface area contributed by atoms with Gasteiger partial charge in [0.05, 0.1) is 24.6 Å². The van der Waals surface area contributed by atoms with E-state index in [0.29, 0.717) is 31.7 Å². The molecule has 0 saturated carbocycles. The number of fused-ring (bicyclic) bond motifs is 1. The summed E-state index contributed by atoms with van der Waals surface area (Å²) in [7, 11) is 1.84. The molecule has 0 N–H and O–H groups in total. The van der Waals surface area contributed by atoms with Crippen LogP contribution in [-0.4, -0.2) is 62.9 Å². The number of likely N-dealkylation sites (tertiary alicyclic amines) is 1. The average molecular weight is 340 g/mol. The van der Waals surface area contributed by atoms with Gasteiger partial charge in [0.25, 0.3) is 5.91 Å². The monoisotopic (exact) mass is 340 g/mol. The lowest BCUT2D eigenvalue weighted by molar-refractivity contribution is -0.179. The van der Waals surface area contributed by atoms with Crippen LogP contribution in [0.25, 0.3) is 10.9 Å². The summed E-state index contributed by atoms with van der Waals surface area (Å²) in [6, 6.07) is 7.51. The fourth-order valence-corrected chi connectivity index (χ4v) is 4.70. The maximum atomic E-state index is 13.3. The van der Waals surface area contributed by atoms with Crippen LogP contribution in [0.2, 0.25) is 0 Å². The fraction of sp³-hybridized carbons (Fsp3) is 0.500. The number of carbonyl (C=O) groups excluding carboxylic acids is 2. The summed E-state index contributed by atoms with van der Waals surface area (Å²) in [6.45, 7) is 1.97. The molecule has 2 aromatic rings. The van der Waals surface area contributed by atoms with Crippen molar-refractivity contribution in [3.8, 4) is 0 Å². The number of amides is 2. The van der Waals surface area contributed by atoms with E-state index in [4.69, 9.17) is 4.74 Å². The quantitative estimate of drug-likeness (QED) is 0.781. The average Bonchev–Trinajstić information content (AvgIpc) is 3.23. The van der Waals surface area contributed by atoms with Gasteiger partial charge in [-0.05, 0) is 12.5 Å². The minimum Gasteiger partial charge on any atom is -0.353 e. The molecular formula is C18H20N4O3. The molecule has 0 radical (unpaired) electrons. The van der Waals surface area contributed by atoms with Gasteiger partial charge in [-0.2, -0.15) is 5.10 Å². The van der Waals surface area contributed by atoms with E-state index in [1.165, 1.54) is 0 Å². The first-order chi connectivity index (χ1) is 12.1. The molecular weight excluding hydrogens is 320 g/mol. The Balaban J connectivity index is 1.54. The molecule has 3 fully saturated rings. The third kappa shape index (κ3) is 1.87.